The first-order valence-corrected chi connectivity index (χ1v) is 12.8. The number of nitrogens with zero attached hydrogens (tertiary/aromatic N) is 3. The molecule has 2 heterocycles. The van der Waals surface area contributed by atoms with Crippen LogP contribution in [0.15, 0.2) is 29.6 Å². The summed E-state index contributed by atoms with van der Waals surface area (Å²) in [5.74, 6) is -1.71. The minimum atomic E-state index is -0.445. The van der Waals surface area contributed by atoms with Crippen LogP contribution in [0.2, 0.25) is 0 Å². The average molecular weight is 519 g/mol. The highest BCUT2D eigenvalue weighted by molar-refractivity contribution is 7.13. The molecular weight excluding hydrogens is 487 g/mol. The van der Waals surface area contributed by atoms with Gasteiger partial charge < -0.3 is 19.9 Å². The smallest absolute Gasteiger partial charge is 0.309 e. The molecule has 1 aliphatic rings. The van der Waals surface area contributed by atoms with Gasteiger partial charge in [-0.15, -0.1) is 11.3 Å². The first-order chi connectivity index (χ1) is 17.2. The molecule has 0 atom stereocenters. The normalized spacial score (nSPS) is 14.0. The number of thiazole rings is 1. The van der Waals surface area contributed by atoms with Crippen molar-refractivity contribution in [1.82, 2.24) is 14.8 Å². The van der Waals surface area contributed by atoms with Crippen LogP contribution in [0.1, 0.15) is 49.7 Å². The zero-order valence-electron chi connectivity index (χ0n) is 20.7. The monoisotopic (exact) mass is 518 g/mol. The van der Waals surface area contributed by atoms with Gasteiger partial charge in [-0.05, 0) is 57.9 Å². The molecule has 1 aromatic heterocycles. The summed E-state index contributed by atoms with van der Waals surface area (Å²) in [6.07, 6.45) is 1.25. The van der Waals surface area contributed by atoms with Gasteiger partial charge in [0, 0.05) is 30.1 Å². The van der Waals surface area contributed by atoms with Crippen LogP contribution < -0.4 is 5.32 Å². The minimum Gasteiger partial charge on any atom is -0.466 e. The summed E-state index contributed by atoms with van der Waals surface area (Å²) < 4.78 is 18.2. The number of anilines is 1. The SMILES string of the molecule is CCOC(=O)C1CCN(C(=O)Cc2csc(NC(=O)CN(C(=O)c3ccc(F)cc3)C(C)C)n2)CC1. The Balaban J connectivity index is 1.51. The third-order valence-corrected chi connectivity index (χ3v) is 6.69. The zero-order chi connectivity index (χ0) is 26.2. The van der Waals surface area contributed by atoms with Crippen molar-refractivity contribution in [2.75, 3.05) is 31.6 Å². The van der Waals surface area contributed by atoms with Gasteiger partial charge in [0.05, 0.1) is 24.6 Å². The van der Waals surface area contributed by atoms with E-state index in [9.17, 15) is 23.6 Å². The summed E-state index contributed by atoms with van der Waals surface area (Å²) in [6, 6.07) is 4.91. The number of amides is 3. The van der Waals surface area contributed by atoms with Crippen molar-refractivity contribution in [2.45, 2.75) is 46.1 Å². The number of esters is 1. The van der Waals surface area contributed by atoms with Crippen LogP contribution >= 0.6 is 11.3 Å². The van der Waals surface area contributed by atoms with Gasteiger partial charge in [-0.3, -0.25) is 19.2 Å². The Kier molecular flexibility index (Phi) is 9.51. The summed E-state index contributed by atoms with van der Waals surface area (Å²) in [4.78, 5) is 57.4. The molecule has 2 aromatic rings. The van der Waals surface area contributed by atoms with Crippen molar-refractivity contribution >= 4 is 40.2 Å². The zero-order valence-corrected chi connectivity index (χ0v) is 21.5. The maximum Gasteiger partial charge on any atom is 0.309 e. The van der Waals surface area contributed by atoms with Crippen LogP contribution in [0.3, 0.4) is 0 Å². The summed E-state index contributed by atoms with van der Waals surface area (Å²) in [5.41, 5.74) is 0.829. The number of hydrogen-bond acceptors (Lipinski definition) is 7. The lowest BCUT2D eigenvalue weighted by Gasteiger charge is -2.30. The molecule has 0 unspecified atom stereocenters. The number of carbonyl (C=O) groups is 4. The molecule has 1 N–H and O–H groups in total. The van der Waals surface area contributed by atoms with Crippen LogP contribution in [-0.2, 0) is 25.5 Å². The first kappa shape index (κ1) is 27.3. The Morgan fingerprint density at radius 3 is 2.47 bits per heavy atom. The Labute approximate surface area is 213 Å². The number of rotatable bonds is 9. The molecule has 1 aromatic carbocycles. The molecule has 0 bridgehead atoms. The standard InChI is InChI=1S/C25H31FN4O5S/c1-4-35-24(34)18-9-11-29(12-10-18)22(32)13-20-15-36-25(27-20)28-21(31)14-30(16(2)3)23(33)17-5-7-19(26)8-6-17/h5-8,15-16,18H,4,9-14H2,1-3H3,(H,27,28,31). The van der Waals surface area contributed by atoms with Gasteiger partial charge in [0.25, 0.3) is 5.91 Å². The lowest BCUT2D eigenvalue weighted by atomic mass is 9.97. The van der Waals surface area contributed by atoms with Crippen LogP contribution in [0.5, 0.6) is 0 Å². The van der Waals surface area contributed by atoms with Crippen LogP contribution in [-0.4, -0.2) is 70.8 Å². The molecule has 3 rings (SSSR count). The molecule has 11 heteroatoms. The highest BCUT2D eigenvalue weighted by Crippen LogP contribution is 2.21. The van der Waals surface area contributed by atoms with Crippen molar-refractivity contribution in [1.29, 1.82) is 0 Å². The number of carbonyl (C=O) groups excluding carboxylic acids is 4. The second-order valence-electron chi connectivity index (χ2n) is 8.81. The molecule has 194 valence electrons. The van der Waals surface area contributed by atoms with Gasteiger partial charge in [-0.1, -0.05) is 0 Å². The highest BCUT2D eigenvalue weighted by Gasteiger charge is 2.28. The Bertz CT molecular complexity index is 1080. The van der Waals surface area contributed by atoms with E-state index in [0.717, 1.165) is 0 Å². The summed E-state index contributed by atoms with van der Waals surface area (Å²) in [6.45, 7) is 6.48. The maximum absolute atomic E-state index is 13.2. The largest absolute Gasteiger partial charge is 0.466 e. The van der Waals surface area contributed by atoms with Crippen LogP contribution in [0, 0.1) is 11.7 Å². The lowest BCUT2D eigenvalue weighted by molar-refractivity contribution is -0.151. The molecule has 0 spiro atoms. The Morgan fingerprint density at radius 2 is 1.86 bits per heavy atom. The molecule has 3 amide bonds. The Morgan fingerprint density at radius 1 is 1.19 bits per heavy atom. The fourth-order valence-electron chi connectivity index (χ4n) is 3.90. The predicted octanol–water partition coefficient (Wildman–Crippen LogP) is 3.12. The molecule has 9 nitrogen and oxygen atoms in total. The summed E-state index contributed by atoms with van der Waals surface area (Å²) in [7, 11) is 0. The van der Waals surface area contributed by atoms with Crippen molar-refractivity contribution < 1.29 is 28.3 Å². The van der Waals surface area contributed by atoms with Crippen molar-refractivity contribution in [3.8, 4) is 0 Å². The van der Waals surface area contributed by atoms with Gasteiger partial charge in [0.1, 0.15) is 12.4 Å². The van der Waals surface area contributed by atoms with Crippen molar-refractivity contribution in [2.24, 2.45) is 5.92 Å². The third kappa shape index (κ3) is 7.33. The lowest BCUT2D eigenvalue weighted by Crippen LogP contribution is -2.42. The highest BCUT2D eigenvalue weighted by atomic mass is 32.1. The van der Waals surface area contributed by atoms with Crippen molar-refractivity contribution in [3.63, 3.8) is 0 Å². The Hall–Kier alpha value is -3.34. The van der Waals surface area contributed by atoms with E-state index in [1.165, 1.54) is 40.5 Å². The number of nitrogens with one attached hydrogen (secondary N) is 1. The maximum atomic E-state index is 13.2. The van der Waals surface area contributed by atoms with Gasteiger partial charge >= 0.3 is 5.97 Å². The van der Waals surface area contributed by atoms with E-state index in [2.05, 4.69) is 10.3 Å². The van der Waals surface area contributed by atoms with E-state index in [1.807, 2.05) is 0 Å². The summed E-state index contributed by atoms with van der Waals surface area (Å²) in [5, 5.41) is 4.73. The van der Waals surface area contributed by atoms with Gasteiger partial charge in [0.2, 0.25) is 11.8 Å². The number of ether oxygens (including phenoxy) is 1. The second kappa shape index (κ2) is 12.6. The van der Waals surface area contributed by atoms with E-state index < -0.39 is 11.7 Å². The van der Waals surface area contributed by atoms with Crippen LogP contribution in [0.4, 0.5) is 9.52 Å². The fourth-order valence-corrected chi connectivity index (χ4v) is 4.62. The quantitative estimate of drug-likeness (QED) is 0.511. The molecule has 36 heavy (non-hydrogen) atoms. The molecule has 1 saturated heterocycles. The van der Waals surface area contributed by atoms with E-state index in [1.54, 1.807) is 31.1 Å². The average Bonchev–Trinajstić information content (AvgIpc) is 3.29. The van der Waals surface area contributed by atoms with E-state index in [4.69, 9.17) is 4.74 Å². The number of aromatic nitrogens is 1. The molecule has 0 radical (unpaired) electrons. The second-order valence-corrected chi connectivity index (χ2v) is 9.67. The number of likely N-dealkylation sites (tertiary alicyclic amines) is 1. The van der Waals surface area contributed by atoms with E-state index in [-0.39, 0.29) is 42.7 Å². The van der Waals surface area contributed by atoms with E-state index in [0.29, 0.717) is 48.9 Å². The van der Waals surface area contributed by atoms with Gasteiger partial charge in [-0.25, -0.2) is 9.37 Å². The summed E-state index contributed by atoms with van der Waals surface area (Å²) >= 11 is 1.20. The van der Waals surface area contributed by atoms with E-state index >= 15 is 0 Å². The fraction of sp³-hybridized carbons (Fsp3) is 0.480. The van der Waals surface area contributed by atoms with Gasteiger partial charge in [0.15, 0.2) is 5.13 Å². The molecule has 1 fully saturated rings. The first-order valence-electron chi connectivity index (χ1n) is 11.9. The third-order valence-electron chi connectivity index (χ3n) is 5.89. The number of piperidine rings is 1. The van der Waals surface area contributed by atoms with Crippen LogP contribution in [0.25, 0.3) is 0 Å². The molecular formula is C25H31FN4O5S. The number of hydrogen-bond donors (Lipinski definition) is 1. The molecule has 0 saturated carbocycles. The van der Waals surface area contributed by atoms with Gasteiger partial charge in [-0.2, -0.15) is 0 Å². The predicted molar refractivity (Wildman–Crippen MR) is 133 cm³/mol. The number of benzene rings is 1. The molecule has 0 aliphatic carbocycles. The van der Waals surface area contributed by atoms with Crippen molar-refractivity contribution in [3.05, 3.63) is 46.7 Å². The number of halogens is 1. The minimum absolute atomic E-state index is 0.0867. The molecule has 1 aliphatic heterocycles. The topological polar surface area (TPSA) is 109 Å².